The molecule has 1 aliphatic rings. The van der Waals surface area contributed by atoms with E-state index >= 15 is 0 Å². The van der Waals surface area contributed by atoms with Crippen molar-refractivity contribution in [2.45, 2.75) is 24.5 Å². The van der Waals surface area contributed by atoms with Crippen molar-refractivity contribution >= 4 is 22.9 Å². The van der Waals surface area contributed by atoms with Crippen LogP contribution >= 0.6 is 11.8 Å². The molecule has 1 fully saturated rings. The Morgan fingerprint density at radius 3 is 2.82 bits per heavy atom. The Hall–Kier alpha value is -1.50. The largest absolute Gasteiger partial charge is 0.335 e. The molecule has 2 aromatic heterocycles. The number of fused-ring (bicyclic) bond motifs is 1. The number of rotatable bonds is 1. The number of hydrogen-bond donors (Lipinski definition) is 3. The number of aromatic nitrogens is 4. The maximum absolute atomic E-state index is 11.5. The van der Waals surface area contributed by atoms with Crippen LogP contribution in [0, 0.1) is 0 Å². The highest BCUT2D eigenvalue weighted by Gasteiger charge is 2.20. The van der Waals surface area contributed by atoms with E-state index in [4.69, 9.17) is 0 Å². The van der Waals surface area contributed by atoms with Crippen molar-refractivity contribution in [2.75, 3.05) is 5.75 Å². The van der Waals surface area contributed by atoms with Crippen LogP contribution in [0.3, 0.4) is 0 Å². The van der Waals surface area contributed by atoms with Gasteiger partial charge in [-0.05, 0) is 18.6 Å². The average molecular weight is 252 g/mol. The number of imidazole rings is 1. The number of nitrogens with one attached hydrogen (secondary N) is 3. The van der Waals surface area contributed by atoms with Gasteiger partial charge in [0.25, 0.3) is 5.56 Å². The van der Waals surface area contributed by atoms with Gasteiger partial charge in [-0.3, -0.25) is 14.8 Å². The molecule has 0 aromatic carbocycles. The summed E-state index contributed by atoms with van der Waals surface area (Å²) in [5, 5.41) is 0.305. The van der Waals surface area contributed by atoms with Crippen molar-refractivity contribution in [3.05, 3.63) is 26.7 Å². The summed E-state index contributed by atoms with van der Waals surface area (Å²) in [6.07, 6.45) is 3.48. The van der Waals surface area contributed by atoms with E-state index in [1.54, 1.807) is 0 Å². The standard InChI is InChI=1S/C10H12N4O2S/c15-9-6-8(13-10(16)14-9)12-7(11-6)5-3-1-2-4-17-5/h5H,1-4H2,(H3,11,12,13,14,15,16). The molecule has 0 amide bonds. The summed E-state index contributed by atoms with van der Waals surface area (Å²) < 4.78 is 0. The molecule has 0 radical (unpaired) electrons. The lowest BCUT2D eigenvalue weighted by Gasteiger charge is -2.18. The summed E-state index contributed by atoms with van der Waals surface area (Å²) >= 11 is 1.84. The summed E-state index contributed by atoms with van der Waals surface area (Å²) in [6, 6.07) is 0. The Kier molecular flexibility index (Phi) is 2.54. The minimum Gasteiger partial charge on any atom is -0.335 e. The Bertz CT molecular complexity index is 650. The molecule has 1 atom stereocenters. The zero-order valence-corrected chi connectivity index (χ0v) is 9.89. The molecule has 0 saturated carbocycles. The molecule has 17 heavy (non-hydrogen) atoms. The quantitative estimate of drug-likeness (QED) is 0.702. The highest BCUT2D eigenvalue weighted by molar-refractivity contribution is 7.99. The van der Waals surface area contributed by atoms with Crippen LogP contribution in [0.4, 0.5) is 0 Å². The van der Waals surface area contributed by atoms with Gasteiger partial charge in [-0.15, -0.1) is 0 Å². The van der Waals surface area contributed by atoms with Crippen molar-refractivity contribution < 1.29 is 0 Å². The minimum absolute atomic E-state index is 0.305. The first-order valence-electron chi connectivity index (χ1n) is 5.58. The van der Waals surface area contributed by atoms with Crippen LogP contribution in [-0.2, 0) is 0 Å². The molecular formula is C10H12N4O2S. The van der Waals surface area contributed by atoms with Gasteiger partial charge in [0.15, 0.2) is 5.65 Å². The lowest BCUT2D eigenvalue weighted by Crippen LogP contribution is -2.21. The first kappa shape index (κ1) is 10.6. The Morgan fingerprint density at radius 2 is 2.06 bits per heavy atom. The van der Waals surface area contributed by atoms with E-state index in [9.17, 15) is 9.59 Å². The molecule has 1 aliphatic heterocycles. The predicted molar refractivity (Wildman–Crippen MR) is 66.4 cm³/mol. The van der Waals surface area contributed by atoms with Gasteiger partial charge in [-0.25, -0.2) is 9.78 Å². The summed E-state index contributed by atoms with van der Waals surface area (Å²) in [4.78, 5) is 34.7. The van der Waals surface area contributed by atoms with Gasteiger partial charge in [0.2, 0.25) is 0 Å². The average Bonchev–Trinajstić information content (AvgIpc) is 2.74. The third-order valence-electron chi connectivity index (χ3n) is 2.89. The number of thioether (sulfide) groups is 1. The van der Waals surface area contributed by atoms with E-state index in [0.29, 0.717) is 16.4 Å². The summed E-state index contributed by atoms with van der Waals surface area (Å²) in [5.41, 5.74) is -0.231. The highest BCUT2D eigenvalue weighted by atomic mass is 32.2. The SMILES string of the molecule is O=c1[nH]c(=O)c2[nH]c(C3CCCCS3)nc2[nH]1. The fourth-order valence-corrected chi connectivity index (χ4v) is 3.32. The van der Waals surface area contributed by atoms with Crippen LogP contribution in [0.15, 0.2) is 9.59 Å². The summed E-state index contributed by atoms with van der Waals surface area (Å²) in [7, 11) is 0. The van der Waals surface area contributed by atoms with Crippen LogP contribution < -0.4 is 11.2 Å². The van der Waals surface area contributed by atoms with Crippen LogP contribution in [0.5, 0.6) is 0 Å². The molecule has 3 rings (SSSR count). The van der Waals surface area contributed by atoms with Gasteiger partial charge in [0.1, 0.15) is 11.3 Å². The first-order valence-corrected chi connectivity index (χ1v) is 6.63. The molecule has 0 aliphatic carbocycles. The molecule has 3 N–H and O–H groups in total. The van der Waals surface area contributed by atoms with Crippen molar-refractivity contribution in [2.24, 2.45) is 0 Å². The third-order valence-corrected chi connectivity index (χ3v) is 4.28. The molecule has 0 bridgehead atoms. The van der Waals surface area contributed by atoms with Gasteiger partial charge in [0.05, 0.1) is 5.25 Å². The topological polar surface area (TPSA) is 94.4 Å². The van der Waals surface area contributed by atoms with E-state index < -0.39 is 11.2 Å². The molecule has 0 spiro atoms. The number of H-pyrrole nitrogens is 3. The normalized spacial score (nSPS) is 20.8. The second-order valence-electron chi connectivity index (χ2n) is 4.11. The Morgan fingerprint density at radius 1 is 1.18 bits per heavy atom. The van der Waals surface area contributed by atoms with Gasteiger partial charge < -0.3 is 4.98 Å². The monoisotopic (exact) mass is 252 g/mol. The lowest BCUT2D eigenvalue weighted by molar-refractivity contribution is 0.668. The molecule has 7 heteroatoms. The van der Waals surface area contributed by atoms with Gasteiger partial charge in [-0.1, -0.05) is 6.42 Å². The van der Waals surface area contributed by atoms with Crippen molar-refractivity contribution in [3.63, 3.8) is 0 Å². The second-order valence-corrected chi connectivity index (χ2v) is 5.42. The molecule has 90 valence electrons. The molecule has 6 nitrogen and oxygen atoms in total. The lowest BCUT2D eigenvalue weighted by atomic mass is 10.2. The number of hydrogen-bond acceptors (Lipinski definition) is 4. The maximum atomic E-state index is 11.5. The second kappa shape index (κ2) is 4.06. The fraction of sp³-hybridized carbons (Fsp3) is 0.500. The maximum Gasteiger partial charge on any atom is 0.327 e. The molecule has 2 aromatic rings. The Balaban J connectivity index is 2.09. The van der Waals surface area contributed by atoms with Crippen molar-refractivity contribution in [1.82, 2.24) is 19.9 Å². The predicted octanol–water partition coefficient (Wildman–Crippen LogP) is 0.898. The van der Waals surface area contributed by atoms with Crippen molar-refractivity contribution in [3.8, 4) is 0 Å². The van der Waals surface area contributed by atoms with E-state index in [-0.39, 0.29) is 0 Å². The number of aromatic amines is 3. The van der Waals surface area contributed by atoms with Crippen LogP contribution in [0.2, 0.25) is 0 Å². The van der Waals surface area contributed by atoms with Gasteiger partial charge in [0, 0.05) is 0 Å². The summed E-state index contributed by atoms with van der Waals surface area (Å²) in [6.45, 7) is 0. The smallest absolute Gasteiger partial charge is 0.327 e. The van der Waals surface area contributed by atoms with E-state index in [2.05, 4.69) is 19.9 Å². The molecule has 3 heterocycles. The minimum atomic E-state index is -0.517. The third kappa shape index (κ3) is 1.90. The number of nitrogens with zero attached hydrogens (tertiary/aromatic N) is 1. The fourth-order valence-electron chi connectivity index (χ4n) is 2.06. The first-order chi connectivity index (χ1) is 8.24. The van der Waals surface area contributed by atoms with Crippen molar-refractivity contribution in [1.29, 1.82) is 0 Å². The van der Waals surface area contributed by atoms with Gasteiger partial charge >= 0.3 is 5.69 Å². The van der Waals surface area contributed by atoms with E-state index in [1.807, 2.05) is 11.8 Å². The van der Waals surface area contributed by atoms with E-state index in [1.165, 1.54) is 12.8 Å². The zero-order valence-electron chi connectivity index (χ0n) is 9.08. The zero-order chi connectivity index (χ0) is 11.8. The van der Waals surface area contributed by atoms with Crippen LogP contribution in [0.25, 0.3) is 11.2 Å². The highest BCUT2D eigenvalue weighted by Crippen LogP contribution is 2.36. The molecular weight excluding hydrogens is 240 g/mol. The molecule has 1 saturated heterocycles. The van der Waals surface area contributed by atoms with E-state index in [0.717, 1.165) is 18.0 Å². The Labute approximate surface area is 100 Å². The summed E-state index contributed by atoms with van der Waals surface area (Å²) in [5.74, 6) is 1.91. The van der Waals surface area contributed by atoms with Crippen LogP contribution in [-0.4, -0.2) is 25.7 Å². The van der Waals surface area contributed by atoms with Crippen LogP contribution in [0.1, 0.15) is 30.3 Å². The van der Waals surface area contributed by atoms with Gasteiger partial charge in [-0.2, -0.15) is 11.8 Å². The molecule has 1 unspecified atom stereocenters.